The normalized spacial score (nSPS) is 12.5. The van der Waals surface area contributed by atoms with Crippen LogP contribution in [-0.2, 0) is 17.8 Å². The quantitative estimate of drug-likeness (QED) is 0.827. The van der Waals surface area contributed by atoms with Gasteiger partial charge in [0.15, 0.2) is 0 Å². The van der Waals surface area contributed by atoms with Gasteiger partial charge in [0.05, 0.1) is 19.3 Å². The monoisotopic (exact) mass is 259 g/mol. The van der Waals surface area contributed by atoms with Gasteiger partial charge in [0.2, 0.25) is 0 Å². The summed E-state index contributed by atoms with van der Waals surface area (Å²) in [4.78, 5) is 0. The summed E-state index contributed by atoms with van der Waals surface area (Å²) >= 11 is 0. The number of nitrogens with zero attached hydrogens (tertiary/aromatic N) is 2. The third-order valence-corrected chi connectivity index (χ3v) is 2.95. The number of hydrogen-bond donors (Lipinski definition) is 1. The number of methoxy groups -OCH3 is 1. The molecule has 2 aromatic rings. The van der Waals surface area contributed by atoms with Crippen LogP contribution < -0.4 is 5.32 Å². The molecule has 0 bridgehead atoms. The summed E-state index contributed by atoms with van der Waals surface area (Å²) in [5.74, 6) is 0. The van der Waals surface area contributed by atoms with Crippen LogP contribution in [0.25, 0.3) is 0 Å². The Morgan fingerprint density at radius 3 is 2.79 bits per heavy atom. The highest BCUT2D eigenvalue weighted by Gasteiger charge is 2.03. The summed E-state index contributed by atoms with van der Waals surface area (Å²) in [5.41, 5.74) is 2.46. The number of rotatable bonds is 7. The summed E-state index contributed by atoms with van der Waals surface area (Å²) in [6, 6.07) is 10.7. The van der Waals surface area contributed by atoms with Crippen molar-refractivity contribution in [1.29, 1.82) is 0 Å². The first-order valence-electron chi connectivity index (χ1n) is 6.55. The van der Waals surface area contributed by atoms with Crippen molar-refractivity contribution in [3.63, 3.8) is 0 Å². The fourth-order valence-electron chi connectivity index (χ4n) is 1.96. The van der Waals surface area contributed by atoms with Gasteiger partial charge in [-0.25, -0.2) is 0 Å². The predicted molar refractivity (Wildman–Crippen MR) is 75.9 cm³/mol. The van der Waals surface area contributed by atoms with Crippen LogP contribution >= 0.6 is 0 Å². The van der Waals surface area contributed by atoms with Crippen molar-refractivity contribution in [2.75, 3.05) is 13.7 Å². The summed E-state index contributed by atoms with van der Waals surface area (Å²) in [7, 11) is 1.72. The van der Waals surface area contributed by atoms with Gasteiger partial charge in [0.1, 0.15) is 0 Å². The van der Waals surface area contributed by atoms with Gasteiger partial charge < -0.3 is 10.1 Å². The molecule has 0 saturated heterocycles. The maximum atomic E-state index is 5.09. The molecule has 4 heteroatoms. The highest BCUT2D eigenvalue weighted by atomic mass is 16.5. The largest absolute Gasteiger partial charge is 0.383 e. The molecular formula is C15H21N3O. The lowest BCUT2D eigenvalue weighted by Gasteiger charge is -2.11. The molecule has 2 rings (SSSR count). The molecule has 0 saturated carbocycles. The van der Waals surface area contributed by atoms with Gasteiger partial charge in [0.25, 0.3) is 0 Å². The molecule has 1 N–H and O–H groups in total. The minimum absolute atomic E-state index is 0.350. The van der Waals surface area contributed by atoms with E-state index in [2.05, 4.69) is 35.7 Å². The lowest BCUT2D eigenvalue weighted by atomic mass is 10.2. The van der Waals surface area contributed by atoms with Gasteiger partial charge in [-0.15, -0.1) is 0 Å². The standard InChI is InChI=1S/C15H21N3O/c1-13(12-19-2)16-8-15-9-17-18(11-15)10-14-6-4-3-5-7-14/h3-7,9,11,13,16H,8,10,12H2,1-2H3. The van der Waals surface area contributed by atoms with Gasteiger partial charge in [-0.1, -0.05) is 30.3 Å². The third kappa shape index (κ3) is 4.50. The Bertz CT molecular complexity index is 481. The highest BCUT2D eigenvalue weighted by Crippen LogP contribution is 2.04. The SMILES string of the molecule is COCC(C)NCc1cnn(Cc2ccccc2)c1. The van der Waals surface area contributed by atoms with Gasteiger partial charge in [0, 0.05) is 31.5 Å². The number of hydrogen-bond acceptors (Lipinski definition) is 3. The lowest BCUT2D eigenvalue weighted by Crippen LogP contribution is -2.29. The van der Waals surface area contributed by atoms with E-state index < -0.39 is 0 Å². The molecule has 1 unspecified atom stereocenters. The van der Waals surface area contributed by atoms with E-state index in [0.29, 0.717) is 6.04 Å². The van der Waals surface area contributed by atoms with E-state index in [1.807, 2.05) is 29.1 Å². The lowest BCUT2D eigenvalue weighted by molar-refractivity contribution is 0.171. The molecule has 0 amide bonds. The molecule has 0 spiro atoms. The fraction of sp³-hybridized carbons (Fsp3) is 0.400. The van der Waals surface area contributed by atoms with Crippen LogP contribution in [0.2, 0.25) is 0 Å². The van der Waals surface area contributed by atoms with Gasteiger partial charge in [-0.3, -0.25) is 4.68 Å². The van der Waals surface area contributed by atoms with Crippen LogP contribution in [0.4, 0.5) is 0 Å². The number of nitrogens with one attached hydrogen (secondary N) is 1. The van der Waals surface area contributed by atoms with Crippen molar-refractivity contribution < 1.29 is 4.74 Å². The minimum atomic E-state index is 0.350. The number of aromatic nitrogens is 2. The molecule has 102 valence electrons. The molecule has 0 fully saturated rings. The zero-order valence-corrected chi connectivity index (χ0v) is 11.5. The topological polar surface area (TPSA) is 39.1 Å². The molecule has 1 aromatic carbocycles. The molecule has 1 heterocycles. The second kappa shape index (κ2) is 7.07. The van der Waals surface area contributed by atoms with Crippen LogP contribution in [-0.4, -0.2) is 29.5 Å². The number of ether oxygens (including phenoxy) is 1. The molecule has 0 aliphatic rings. The third-order valence-electron chi connectivity index (χ3n) is 2.95. The molecular weight excluding hydrogens is 238 g/mol. The zero-order chi connectivity index (χ0) is 13.5. The van der Waals surface area contributed by atoms with Crippen molar-refractivity contribution in [3.05, 3.63) is 53.9 Å². The van der Waals surface area contributed by atoms with E-state index >= 15 is 0 Å². The second-order valence-corrected chi connectivity index (χ2v) is 4.77. The van der Waals surface area contributed by atoms with Crippen LogP contribution in [0.3, 0.4) is 0 Å². The molecule has 19 heavy (non-hydrogen) atoms. The van der Waals surface area contributed by atoms with Gasteiger partial charge in [-0.2, -0.15) is 5.10 Å². The Labute approximate surface area is 114 Å². The van der Waals surface area contributed by atoms with Crippen LogP contribution in [0.15, 0.2) is 42.7 Å². The Balaban J connectivity index is 1.85. The molecule has 1 atom stereocenters. The summed E-state index contributed by atoms with van der Waals surface area (Å²) in [6.07, 6.45) is 4.00. The summed E-state index contributed by atoms with van der Waals surface area (Å²) in [6.45, 7) is 4.46. The smallest absolute Gasteiger partial charge is 0.0659 e. The zero-order valence-electron chi connectivity index (χ0n) is 11.5. The highest BCUT2D eigenvalue weighted by molar-refractivity contribution is 5.15. The Hall–Kier alpha value is -1.65. The maximum absolute atomic E-state index is 5.09. The van der Waals surface area contributed by atoms with E-state index in [1.54, 1.807) is 7.11 Å². The first-order valence-corrected chi connectivity index (χ1v) is 6.55. The molecule has 0 radical (unpaired) electrons. The van der Waals surface area contributed by atoms with Crippen molar-refractivity contribution in [2.45, 2.75) is 26.1 Å². The predicted octanol–water partition coefficient (Wildman–Crippen LogP) is 2.06. The van der Waals surface area contributed by atoms with Gasteiger partial charge in [-0.05, 0) is 12.5 Å². The molecule has 0 aliphatic heterocycles. The average molecular weight is 259 g/mol. The molecule has 1 aromatic heterocycles. The second-order valence-electron chi connectivity index (χ2n) is 4.77. The van der Waals surface area contributed by atoms with Gasteiger partial charge >= 0.3 is 0 Å². The van der Waals surface area contributed by atoms with E-state index in [1.165, 1.54) is 11.1 Å². The van der Waals surface area contributed by atoms with E-state index in [0.717, 1.165) is 19.7 Å². The van der Waals surface area contributed by atoms with Crippen molar-refractivity contribution in [1.82, 2.24) is 15.1 Å². The van der Waals surface area contributed by atoms with Crippen LogP contribution in [0, 0.1) is 0 Å². The molecule has 4 nitrogen and oxygen atoms in total. The van der Waals surface area contributed by atoms with Crippen molar-refractivity contribution in [2.24, 2.45) is 0 Å². The minimum Gasteiger partial charge on any atom is -0.383 e. The molecule has 0 aliphatic carbocycles. The van der Waals surface area contributed by atoms with Crippen molar-refractivity contribution in [3.8, 4) is 0 Å². The average Bonchev–Trinajstić information content (AvgIpc) is 2.86. The van der Waals surface area contributed by atoms with Crippen LogP contribution in [0.1, 0.15) is 18.1 Å². The van der Waals surface area contributed by atoms with Crippen molar-refractivity contribution >= 4 is 0 Å². The first kappa shape index (κ1) is 13.8. The van der Waals surface area contributed by atoms with Crippen LogP contribution in [0.5, 0.6) is 0 Å². The first-order chi connectivity index (χ1) is 9.28. The summed E-state index contributed by atoms with van der Waals surface area (Å²) in [5, 5.41) is 7.78. The summed E-state index contributed by atoms with van der Waals surface area (Å²) < 4.78 is 7.06. The number of benzene rings is 1. The Morgan fingerprint density at radius 1 is 1.26 bits per heavy atom. The Morgan fingerprint density at radius 2 is 2.05 bits per heavy atom. The van der Waals surface area contributed by atoms with E-state index in [-0.39, 0.29) is 0 Å². The fourth-order valence-corrected chi connectivity index (χ4v) is 1.96. The van der Waals surface area contributed by atoms with E-state index in [9.17, 15) is 0 Å². The van der Waals surface area contributed by atoms with E-state index in [4.69, 9.17) is 4.74 Å². The maximum Gasteiger partial charge on any atom is 0.0659 e. The Kier molecular flexibility index (Phi) is 5.12.